The normalized spacial score (nSPS) is 13.6. The number of likely N-dealkylation sites (N-methyl/N-ethyl adjacent to an activating group) is 1. The fourth-order valence-electron chi connectivity index (χ4n) is 6.45. The molecule has 2 atom stereocenters. The molecule has 0 saturated heterocycles. The second-order valence-corrected chi connectivity index (χ2v) is 16.7. The third kappa shape index (κ3) is 17.6. The molecule has 0 aliphatic heterocycles. The van der Waals surface area contributed by atoms with Crippen LogP contribution in [0.5, 0.6) is 0 Å². The van der Waals surface area contributed by atoms with Gasteiger partial charge >= 0.3 is 13.9 Å². The summed E-state index contributed by atoms with van der Waals surface area (Å²) in [6.45, 7) is 2.73. The quantitative estimate of drug-likeness (QED) is 0.0314. The van der Waals surface area contributed by atoms with Gasteiger partial charge in [-0.1, -0.05) is 181 Å². The molecular weight excluding hydrogens is 699 g/mol. The van der Waals surface area contributed by atoms with Gasteiger partial charge in [0.2, 0.25) is 0 Å². The SMILES string of the molecule is CCCCCCCCCCCCCCCCNC(=O)O[C@H](COC(c1ccccc1)(c1ccccc1)c1ccccc1)COP(=O)(O)OCC[N+](C)(C)C. The molecule has 3 aromatic rings. The van der Waals surface area contributed by atoms with E-state index in [1.54, 1.807) is 0 Å². The number of ether oxygens (including phenoxy) is 2. The molecule has 0 spiro atoms. The molecule has 0 heterocycles. The number of rotatable bonds is 29. The first kappa shape index (κ1) is 45.4. The summed E-state index contributed by atoms with van der Waals surface area (Å²) in [6, 6.07) is 29.6. The number of phosphoric ester groups is 1. The number of amides is 1. The van der Waals surface area contributed by atoms with Crippen molar-refractivity contribution in [2.24, 2.45) is 0 Å². The van der Waals surface area contributed by atoms with E-state index in [1.165, 1.54) is 70.6 Å². The third-order valence-corrected chi connectivity index (χ3v) is 10.5. The number of carbonyl (C=O) groups excluding carboxylic acids is 1. The summed E-state index contributed by atoms with van der Waals surface area (Å²) in [7, 11) is 1.44. The van der Waals surface area contributed by atoms with Crippen LogP contribution < -0.4 is 5.32 Å². The molecule has 54 heavy (non-hydrogen) atoms. The molecule has 3 aromatic carbocycles. The first-order valence-corrected chi connectivity index (χ1v) is 21.7. The van der Waals surface area contributed by atoms with Gasteiger partial charge in [0.25, 0.3) is 0 Å². The topological polar surface area (TPSA) is 103 Å². The second-order valence-electron chi connectivity index (χ2n) is 15.3. The molecule has 0 saturated carbocycles. The number of hydrogen-bond acceptors (Lipinski definition) is 6. The lowest BCUT2D eigenvalue weighted by atomic mass is 9.80. The van der Waals surface area contributed by atoms with E-state index in [-0.39, 0.29) is 13.2 Å². The van der Waals surface area contributed by atoms with E-state index in [1.807, 2.05) is 112 Å². The summed E-state index contributed by atoms with van der Waals surface area (Å²) in [5.41, 5.74) is 1.54. The molecule has 0 radical (unpaired) electrons. The van der Waals surface area contributed by atoms with Crippen molar-refractivity contribution in [1.29, 1.82) is 0 Å². The van der Waals surface area contributed by atoms with E-state index in [0.29, 0.717) is 17.6 Å². The number of benzene rings is 3. The zero-order valence-electron chi connectivity index (χ0n) is 33.5. The van der Waals surface area contributed by atoms with Crippen molar-refractivity contribution in [3.05, 3.63) is 108 Å². The number of nitrogens with zero attached hydrogens (tertiary/aromatic N) is 1. The van der Waals surface area contributed by atoms with Crippen molar-refractivity contribution in [1.82, 2.24) is 5.32 Å². The molecule has 0 aliphatic carbocycles. The molecule has 0 fully saturated rings. The van der Waals surface area contributed by atoms with Gasteiger partial charge in [-0.2, -0.15) is 0 Å². The first-order chi connectivity index (χ1) is 26.1. The van der Waals surface area contributed by atoms with E-state index in [4.69, 9.17) is 18.5 Å². The monoisotopic (exact) mass is 767 g/mol. The average molecular weight is 768 g/mol. The minimum atomic E-state index is -4.45. The highest BCUT2D eigenvalue weighted by atomic mass is 31.2. The molecule has 0 aromatic heterocycles. The van der Waals surface area contributed by atoms with Crippen LogP contribution >= 0.6 is 7.82 Å². The Morgan fingerprint density at radius 2 is 1.09 bits per heavy atom. The predicted octanol–water partition coefficient (Wildman–Crippen LogP) is 10.4. The highest BCUT2D eigenvalue weighted by molar-refractivity contribution is 7.47. The van der Waals surface area contributed by atoms with Gasteiger partial charge < -0.3 is 24.2 Å². The van der Waals surface area contributed by atoms with Crippen LogP contribution in [0.15, 0.2) is 91.0 Å². The summed E-state index contributed by atoms with van der Waals surface area (Å²) in [6.07, 6.45) is 16.0. The fraction of sp³-hybridized carbons (Fsp3) is 0.568. The number of quaternary nitrogens is 1. The molecule has 0 aliphatic rings. The third-order valence-electron chi connectivity index (χ3n) is 9.54. The Labute approximate surface area is 326 Å². The molecule has 2 N–H and O–H groups in total. The lowest BCUT2D eigenvalue weighted by Gasteiger charge is -2.37. The summed E-state index contributed by atoms with van der Waals surface area (Å²) in [5, 5.41) is 2.86. The van der Waals surface area contributed by atoms with Crippen LogP contribution in [-0.2, 0) is 28.7 Å². The van der Waals surface area contributed by atoms with Crippen LogP contribution in [0.25, 0.3) is 0 Å². The van der Waals surface area contributed by atoms with Crippen molar-refractivity contribution in [2.45, 2.75) is 109 Å². The maximum Gasteiger partial charge on any atom is 0.472 e. The van der Waals surface area contributed by atoms with Crippen molar-refractivity contribution in [3.8, 4) is 0 Å². The Bertz CT molecular complexity index is 1360. The van der Waals surface area contributed by atoms with E-state index < -0.39 is 32.2 Å². The Morgan fingerprint density at radius 3 is 1.52 bits per heavy atom. The molecule has 10 heteroatoms. The Morgan fingerprint density at radius 1 is 0.667 bits per heavy atom. The first-order valence-electron chi connectivity index (χ1n) is 20.2. The zero-order chi connectivity index (χ0) is 39.0. The number of nitrogens with one attached hydrogen (secondary N) is 1. The molecule has 3 rings (SSSR count). The van der Waals surface area contributed by atoms with Gasteiger partial charge in [-0.3, -0.25) is 9.05 Å². The lowest BCUT2D eigenvalue weighted by Crippen LogP contribution is -2.40. The number of hydrogen-bond donors (Lipinski definition) is 2. The van der Waals surface area contributed by atoms with Crippen LogP contribution in [0.4, 0.5) is 4.79 Å². The van der Waals surface area contributed by atoms with E-state index in [0.717, 1.165) is 36.0 Å². The van der Waals surface area contributed by atoms with Gasteiger partial charge in [0.15, 0.2) is 6.10 Å². The van der Waals surface area contributed by atoms with Crippen LogP contribution in [0.2, 0.25) is 0 Å². The number of carbonyl (C=O) groups is 1. The second kappa shape index (κ2) is 25.2. The van der Waals surface area contributed by atoms with Crippen molar-refractivity contribution in [2.75, 3.05) is 54.1 Å². The standard InChI is InChI=1S/C44H67N2O7P/c1-5-6-7-8-9-10-11-12-13-14-15-16-17-27-34-45-43(47)53-42(38-52-54(48,49)51-36-35-46(2,3)4)37-50-44(39-28-21-18-22-29-39,40-30-23-19-24-31-40)41-32-25-20-26-33-41/h18-26,28-33,42H,5-17,27,34-38H2,1-4H3,(H-,45,47,48,49)/p+1/t42-/m1/s1. The summed E-state index contributed by atoms with van der Waals surface area (Å²) >= 11 is 0. The van der Waals surface area contributed by atoms with Crippen LogP contribution in [-0.4, -0.2) is 75.6 Å². The van der Waals surface area contributed by atoms with Gasteiger partial charge in [-0.15, -0.1) is 0 Å². The highest BCUT2D eigenvalue weighted by Crippen LogP contribution is 2.44. The minimum absolute atomic E-state index is 0.0259. The van der Waals surface area contributed by atoms with Gasteiger partial charge in [-0.05, 0) is 23.1 Å². The summed E-state index contributed by atoms with van der Waals surface area (Å²) in [5.74, 6) is 0. The minimum Gasteiger partial charge on any atom is -0.441 e. The van der Waals surface area contributed by atoms with Crippen molar-refractivity contribution >= 4 is 13.9 Å². The number of unbranched alkanes of at least 4 members (excludes halogenated alkanes) is 13. The summed E-state index contributed by atoms with van der Waals surface area (Å²) in [4.78, 5) is 23.6. The largest absolute Gasteiger partial charge is 0.472 e. The predicted molar refractivity (Wildman–Crippen MR) is 218 cm³/mol. The van der Waals surface area contributed by atoms with Crippen LogP contribution in [0.3, 0.4) is 0 Å². The average Bonchev–Trinajstić information content (AvgIpc) is 3.16. The van der Waals surface area contributed by atoms with Gasteiger partial charge in [0.1, 0.15) is 18.8 Å². The zero-order valence-corrected chi connectivity index (χ0v) is 34.4. The Hall–Kier alpha value is -3.04. The number of phosphoric acid groups is 1. The molecule has 1 unspecified atom stereocenters. The van der Waals surface area contributed by atoms with E-state index in [2.05, 4.69) is 12.2 Å². The van der Waals surface area contributed by atoms with Gasteiger partial charge in [0, 0.05) is 6.54 Å². The smallest absolute Gasteiger partial charge is 0.441 e. The molecule has 0 bridgehead atoms. The lowest BCUT2D eigenvalue weighted by molar-refractivity contribution is -0.870. The summed E-state index contributed by atoms with van der Waals surface area (Å²) < 4.78 is 36.8. The van der Waals surface area contributed by atoms with E-state index in [9.17, 15) is 14.3 Å². The van der Waals surface area contributed by atoms with Crippen molar-refractivity contribution < 1.29 is 37.3 Å². The van der Waals surface area contributed by atoms with Crippen LogP contribution in [0, 0.1) is 0 Å². The van der Waals surface area contributed by atoms with E-state index >= 15 is 0 Å². The molecule has 1 amide bonds. The van der Waals surface area contributed by atoms with Gasteiger partial charge in [-0.25, -0.2) is 9.36 Å². The molecule has 9 nitrogen and oxygen atoms in total. The molecular formula is C44H68N2O7P+. The maximum atomic E-state index is 13.1. The Kier molecular flexibility index (Phi) is 21.1. The molecule has 300 valence electrons. The maximum absolute atomic E-state index is 13.1. The fourth-order valence-corrected chi connectivity index (χ4v) is 7.19. The van der Waals surface area contributed by atoms with Crippen LogP contribution in [0.1, 0.15) is 114 Å². The van der Waals surface area contributed by atoms with Crippen molar-refractivity contribution in [3.63, 3.8) is 0 Å². The Balaban J connectivity index is 1.60. The van der Waals surface area contributed by atoms with Gasteiger partial charge in [0.05, 0.1) is 34.4 Å². The number of alkyl carbamates (subject to hydrolysis) is 1. The highest BCUT2D eigenvalue weighted by Gasteiger charge is 2.39.